The van der Waals surface area contributed by atoms with Crippen molar-refractivity contribution < 1.29 is 32.2 Å². The van der Waals surface area contributed by atoms with E-state index >= 15 is 0 Å². The van der Waals surface area contributed by atoms with Crippen LogP contribution in [0.3, 0.4) is 0 Å². The first-order valence-electron chi connectivity index (χ1n) is 5.84. The van der Waals surface area contributed by atoms with Gasteiger partial charge in [-0.2, -0.15) is 13.2 Å². The zero-order valence-electron chi connectivity index (χ0n) is 11.2. The molecule has 118 valence electrons. The van der Waals surface area contributed by atoms with E-state index in [0.29, 0.717) is 0 Å². The van der Waals surface area contributed by atoms with Crippen molar-refractivity contribution in [1.29, 1.82) is 0 Å². The van der Waals surface area contributed by atoms with Gasteiger partial charge in [-0.05, 0) is 18.4 Å². The minimum Gasteiger partial charge on any atom is -0.493 e. The second-order valence-corrected chi connectivity index (χ2v) is 5.04. The van der Waals surface area contributed by atoms with E-state index in [0.717, 1.165) is 7.11 Å². The van der Waals surface area contributed by atoms with Gasteiger partial charge in [0.1, 0.15) is 0 Å². The van der Waals surface area contributed by atoms with Gasteiger partial charge >= 0.3 is 6.18 Å². The van der Waals surface area contributed by atoms with Crippen molar-refractivity contribution in [3.05, 3.63) is 28.5 Å². The lowest BCUT2D eigenvalue weighted by Gasteiger charge is -2.28. The number of hydrogen-bond donors (Lipinski definition) is 1. The van der Waals surface area contributed by atoms with Gasteiger partial charge in [-0.3, -0.25) is 4.79 Å². The Kier molecular flexibility index (Phi) is 5.22. The second-order valence-electron chi connectivity index (χ2n) is 4.63. The van der Waals surface area contributed by atoms with Crippen molar-refractivity contribution in [2.24, 2.45) is 0 Å². The topological polar surface area (TPSA) is 46.5 Å². The first-order valence-corrected chi connectivity index (χ1v) is 6.22. The molecule has 0 bridgehead atoms. The summed E-state index contributed by atoms with van der Waals surface area (Å²) in [5.74, 6) is -2.22. The van der Waals surface area contributed by atoms with E-state index in [1.165, 1.54) is 19.1 Å². The van der Waals surface area contributed by atoms with E-state index in [1.54, 1.807) is 0 Å². The highest BCUT2D eigenvalue weighted by molar-refractivity contribution is 6.30. The van der Waals surface area contributed by atoms with Crippen LogP contribution < -0.4 is 4.74 Å². The molecule has 0 aliphatic carbocycles. The molecule has 1 rings (SSSR count). The monoisotopic (exact) mass is 328 g/mol. The molecule has 1 N–H and O–H groups in total. The smallest absolute Gasteiger partial charge is 0.424 e. The Bertz CT molecular complexity index is 533. The summed E-state index contributed by atoms with van der Waals surface area (Å²) in [6.45, 7) is 1.31. The lowest BCUT2D eigenvalue weighted by molar-refractivity contribution is -0.247. The van der Waals surface area contributed by atoms with E-state index in [2.05, 4.69) is 0 Å². The minimum absolute atomic E-state index is 0.0731. The number of rotatable bonds is 5. The first kappa shape index (κ1) is 17.7. The van der Waals surface area contributed by atoms with Gasteiger partial charge in [0.15, 0.2) is 17.9 Å². The van der Waals surface area contributed by atoms with Crippen LogP contribution in [0.15, 0.2) is 12.1 Å². The van der Waals surface area contributed by atoms with Gasteiger partial charge in [0, 0.05) is 5.56 Å². The maximum atomic E-state index is 13.8. The van der Waals surface area contributed by atoms with Gasteiger partial charge in [0.2, 0.25) is 5.60 Å². The summed E-state index contributed by atoms with van der Waals surface area (Å²) in [4.78, 5) is 10.6. The van der Waals surface area contributed by atoms with Crippen LogP contribution in [-0.2, 0) is 4.79 Å². The van der Waals surface area contributed by atoms with Gasteiger partial charge < -0.3 is 9.84 Å². The van der Waals surface area contributed by atoms with Crippen LogP contribution in [0.1, 0.15) is 24.8 Å². The fourth-order valence-electron chi connectivity index (χ4n) is 1.95. The van der Waals surface area contributed by atoms with Crippen molar-refractivity contribution in [2.75, 3.05) is 7.11 Å². The lowest BCUT2D eigenvalue weighted by Crippen LogP contribution is -2.47. The maximum Gasteiger partial charge on any atom is 0.424 e. The number of benzene rings is 1. The van der Waals surface area contributed by atoms with Crippen LogP contribution in [0, 0.1) is 5.82 Å². The molecular weight excluding hydrogens is 316 g/mol. The Hall–Kier alpha value is -1.34. The van der Waals surface area contributed by atoms with E-state index in [-0.39, 0.29) is 16.3 Å². The molecule has 3 nitrogen and oxygen atoms in total. The number of halogens is 5. The lowest BCUT2D eigenvalue weighted by atomic mass is 9.87. The zero-order chi connectivity index (χ0) is 16.4. The molecule has 0 radical (unpaired) electrons. The molecule has 21 heavy (non-hydrogen) atoms. The average molecular weight is 329 g/mol. The van der Waals surface area contributed by atoms with Crippen molar-refractivity contribution in [3.63, 3.8) is 0 Å². The quantitative estimate of drug-likeness (QED) is 0.665. The maximum absolute atomic E-state index is 13.8. The summed E-state index contributed by atoms with van der Waals surface area (Å²) in [6, 6.07) is 2.45. The number of methoxy groups -OCH3 is 1. The van der Waals surface area contributed by atoms with Crippen LogP contribution in [0.4, 0.5) is 17.6 Å². The predicted octanol–water partition coefficient (Wildman–Crippen LogP) is 3.47. The molecule has 0 heterocycles. The highest BCUT2D eigenvalue weighted by atomic mass is 35.5. The first-order chi connectivity index (χ1) is 9.57. The molecule has 0 aliphatic heterocycles. The molecule has 2 unspecified atom stereocenters. The third kappa shape index (κ3) is 3.47. The number of ether oxygens (including phenoxy) is 1. The highest BCUT2D eigenvalue weighted by Gasteiger charge is 2.54. The van der Waals surface area contributed by atoms with Gasteiger partial charge in [0.25, 0.3) is 0 Å². The van der Waals surface area contributed by atoms with E-state index in [4.69, 9.17) is 16.3 Å². The predicted molar refractivity (Wildman–Crippen MR) is 68.1 cm³/mol. The van der Waals surface area contributed by atoms with Crippen LogP contribution in [0.2, 0.25) is 5.02 Å². The van der Waals surface area contributed by atoms with Gasteiger partial charge in [0.05, 0.1) is 12.1 Å². The molecule has 8 heteroatoms. The minimum atomic E-state index is -5.12. The molecule has 0 amide bonds. The molecule has 0 fully saturated rings. The average Bonchev–Trinajstić information content (AvgIpc) is 2.39. The molecule has 0 aliphatic rings. The summed E-state index contributed by atoms with van der Waals surface area (Å²) >= 11 is 5.56. The molecule has 2 atom stereocenters. The van der Waals surface area contributed by atoms with E-state index in [1.807, 2.05) is 0 Å². The molecule has 1 aromatic rings. The van der Waals surface area contributed by atoms with Crippen molar-refractivity contribution >= 4 is 17.9 Å². The molecule has 0 saturated carbocycles. The zero-order valence-corrected chi connectivity index (χ0v) is 11.9. The van der Waals surface area contributed by atoms with Crippen LogP contribution in [-0.4, -0.2) is 30.3 Å². The van der Waals surface area contributed by atoms with Crippen molar-refractivity contribution in [2.45, 2.75) is 31.0 Å². The Morgan fingerprint density at radius 3 is 2.43 bits per heavy atom. The summed E-state index contributed by atoms with van der Waals surface area (Å²) in [7, 11) is 1.14. The number of carbonyl (C=O) groups is 1. The molecule has 0 aromatic heterocycles. The molecule has 0 spiro atoms. The number of aldehydes is 1. The third-order valence-electron chi connectivity index (χ3n) is 3.12. The van der Waals surface area contributed by atoms with Gasteiger partial charge in [-0.15, -0.1) is 0 Å². The van der Waals surface area contributed by atoms with Crippen LogP contribution in [0.25, 0.3) is 0 Å². The normalized spacial score (nSPS) is 16.2. The summed E-state index contributed by atoms with van der Waals surface area (Å²) < 4.78 is 56.7. The standard InChI is InChI=1S/C13H13ClF4O3/c1-7(5-12(20,6-19)13(16,17)18)8-3-4-9(14)10(15)11(8)21-2/h3-4,6-7,20H,5H2,1-2H3. The van der Waals surface area contributed by atoms with Gasteiger partial charge in [-0.1, -0.05) is 24.6 Å². The van der Waals surface area contributed by atoms with Crippen molar-refractivity contribution in [3.8, 4) is 5.75 Å². The van der Waals surface area contributed by atoms with E-state index < -0.39 is 36.2 Å². The Morgan fingerprint density at radius 1 is 1.43 bits per heavy atom. The Labute approximate surface area is 123 Å². The Morgan fingerprint density at radius 2 is 2.00 bits per heavy atom. The third-order valence-corrected chi connectivity index (χ3v) is 3.41. The number of hydrogen-bond acceptors (Lipinski definition) is 3. The van der Waals surface area contributed by atoms with E-state index in [9.17, 15) is 27.5 Å². The van der Waals surface area contributed by atoms with Crippen LogP contribution >= 0.6 is 11.6 Å². The summed E-state index contributed by atoms with van der Waals surface area (Å²) in [6.07, 6.45) is -6.65. The number of alkyl halides is 3. The second kappa shape index (κ2) is 6.19. The van der Waals surface area contributed by atoms with Gasteiger partial charge in [-0.25, -0.2) is 4.39 Å². The fourth-order valence-corrected chi connectivity index (χ4v) is 2.10. The fraction of sp³-hybridized carbons (Fsp3) is 0.462. The Balaban J connectivity index is 3.18. The highest BCUT2D eigenvalue weighted by Crippen LogP contribution is 2.40. The largest absolute Gasteiger partial charge is 0.493 e. The SMILES string of the molecule is COc1c(C(C)CC(O)(C=O)C(F)(F)F)ccc(Cl)c1F. The molecular formula is C13H13ClF4O3. The van der Waals surface area contributed by atoms with Crippen LogP contribution in [0.5, 0.6) is 5.75 Å². The molecule has 0 saturated heterocycles. The number of carbonyl (C=O) groups excluding carboxylic acids is 1. The summed E-state index contributed by atoms with van der Waals surface area (Å²) in [5, 5.41) is 9.18. The number of aliphatic hydroxyl groups is 1. The summed E-state index contributed by atoms with van der Waals surface area (Å²) in [5.41, 5.74) is -3.43. The molecule has 1 aromatic carbocycles. The van der Waals surface area contributed by atoms with Crippen molar-refractivity contribution in [1.82, 2.24) is 0 Å².